The first-order chi connectivity index (χ1) is 8.86. The first-order valence-electron chi connectivity index (χ1n) is 5.95. The number of rotatable bonds is 5. The van der Waals surface area contributed by atoms with Crippen molar-refractivity contribution in [2.45, 2.75) is 26.3 Å². The lowest BCUT2D eigenvalue weighted by Crippen LogP contribution is -2.45. The molecule has 0 radical (unpaired) electrons. The van der Waals surface area contributed by atoms with E-state index in [-0.39, 0.29) is 11.5 Å². The van der Waals surface area contributed by atoms with Crippen LogP contribution in [0, 0.1) is 5.92 Å². The summed E-state index contributed by atoms with van der Waals surface area (Å²) in [6, 6.07) is 3.93. The van der Waals surface area contributed by atoms with Gasteiger partial charge in [0.2, 0.25) is 0 Å². The van der Waals surface area contributed by atoms with Crippen molar-refractivity contribution >= 4 is 33.5 Å². The van der Waals surface area contributed by atoms with Gasteiger partial charge in [0.15, 0.2) is 0 Å². The molecule has 0 aliphatic heterocycles. The van der Waals surface area contributed by atoms with Gasteiger partial charge in [-0.1, -0.05) is 36.2 Å². The van der Waals surface area contributed by atoms with E-state index >= 15 is 0 Å². The van der Waals surface area contributed by atoms with E-state index in [0.717, 1.165) is 4.47 Å². The smallest absolute Gasteiger partial charge is 0.326 e. The number of nitrogen functional groups attached to an aromatic ring is 1. The van der Waals surface area contributed by atoms with E-state index in [1.54, 1.807) is 25.1 Å². The molecule has 0 fully saturated rings. The first kappa shape index (κ1) is 15.5. The van der Waals surface area contributed by atoms with Crippen LogP contribution in [0.3, 0.4) is 0 Å². The molecule has 1 aromatic rings. The molecule has 5 nitrogen and oxygen atoms in total. The molecular weight excluding hydrogens is 312 g/mol. The number of hydrogen-bond donors (Lipinski definition) is 3. The van der Waals surface area contributed by atoms with Gasteiger partial charge in [0, 0.05) is 10.2 Å². The van der Waals surface area contributed by atoms with Crippen LogP contribution in [0.25, 0.3) is 0 Å². The van der Waals surface area contributed by atoms with Crippen LogP contribution >= 0.6 is 15.9 Å². The molecule has 0 saturated carbocycles. The first-order valence-corrected chi connectivity index (χ1v) is 6.74. The predicted octanol–water partition coefficient (Wildman–Crippen LogP) is 2.26. The van der Waals surface area contributed by atoms with Crippen molar-refractivity contribution in [1.29, 1.82) is 0 Å². The Kier molecular flexibility index (Phi) is 5.35. The van der Waals surface area contributed by atoms with Crippen LogP contribution < -0.4 is 11.1 Å². The van der Waals surface area contributed by atoms with Crippen LogP contribution in [0.2, 0.25) is 0 Å². The molecule has 0 heterocycles. The zero-order chi connectivity index (χ0) is 14.6. The topological polar surface area (TPSA) is 92.4 Å². The van der Waals surface area contributed by atoms with Gasteiger partial charge >= 0.3 is 5.97 Å². The Morgan fingerprint density at radius 1 is 1.47 bits per heavy atom. The highest BCUT2D eigenvalue weighted by Gasteiger charge is 2.26. The van der Waals surface area contributed by atoms with Gasteiger partial charge in [-0.25, -0.2) is 4.79 Å². The Bertz CT molecular complexity index is 491. The SMILES string of the molecule is CC[C@H](C)[C@H](NC(=O)c1ccc(Br)cc1N)C(=O)O. The van der Waals surface area contributed by atoms with E-state index in [1.165, 1.54) is 0 Å². The minimum absolute atomic E-state index is 0.155. The maximum Gasteiger partial charge on any atom is 0.326 e. The number of benzene rings is 1. The average molecular weight is 329 g/mol. The largest absolute Gasteiger partial charge is 0.480 e. The van der Waals surface area contributed by atoms with E-state index < -0.39 is 17.9 Å². The van der Waals surface area contributed by atoms with Gasteiger partial charge in [-0.2, -0.15) is 0 Å². The molecule has 0 saturated heterocycles. The fourth-order valence-corrected chi connectivity index (χ4v) is 2.02. The van der Waals surface area contributed by atoms with E-state index in [0.29, 0.717) is 12.1 Å². The fraction of sp³-hybridized carbons (Fsp3) is 0.385. The normalized spacial score (nSPS) is 13.6. The third-order valence-corrected chi connectivity index (χ3v) is 3.52. The lowest BCUT2D eigenvalue weighted by atomic mass is 9.99. The lowest BCUT2D eigenvalue weighted by Gasteiger charge is -2.20. The van der Waals surface area contributed by atoms with Gasteiger partial charge < -0.3 is 16.2 Å². The molecule has 0 aromatic heterocycles. The van der Waals surface area contributed by atoms with Crippen molar-refractivity contribution in [3.05, 3.63) is 28.2 Å². The third kappa shape index (κ3) is 3.96. The van der Waals surface area contributed by atoms with Gasteiger partial charge in [-0.05, 0) is 24.1 Å². The van der Waals surface area contributed by atoms with Crippen LogP contribution in [-0.2, 0) is 4.79 Å². The Labute approximate surface area is 120 Å². The third-order valence-electron chi connectivity index (χ3n) is 3.02. The summed E-state index contributed by atoms with van der Waals surface area (Å²) in [5, 5.41) is 11.6. The molecule has 0 unspecified atom stereocenters. The fourth-order valence-electron chi connectivity index (χ4n) is 1.64. The quantitative estimate of drug-likeness (QED) is 0.723. The average Bonchev–Trinajstić information content (AvgIpc) is 2.34. The van der Waals surface area contributed by atoms with Gasteiger partial charge in [0.05, 0.1) is 5.56 Å². The van der Waals surface area contributed by atoms with Gasteiger partial charge in [0.1, 0.15) is 6.04 Å². The second kappa shape index (κ2) is 6.56. The summed E-state index contributed by atoms with van der Waals surface area (Å²) in [5.41, 5.74) is 6.33. The molecule has 1 rings (SSSR count). The highest BCUT2D eigenvalue weighted by molar-refractivity contribution is 9.10. The summed E-state index contributed by atoms with van der Waals surface area (Å²) in [5.74, 6) is -1.67. The Morgan fingerprint density at radius 3 is 2.58 bits per heavy atom. The van der Waals surface area contributed by atoms with Gasteiger partial charge in [0.25, 0.3) is 5.91 Å². The van der Waals surface area contributed by atoms with Crippen LogP contribution in [-0.4, -0.2) is 23.0 Å². The molecule has 1 aromatic carbocycles. The number of carbonyl (C=O) groups is 2. The summed E-state index contributed by atoms with van der Waals surface area (Å²) in [4.78, 5) is 23.2. The van der Waals surface area contributed by atoms with Crippen molar-refractivity contribution in [3.8, 4) is 0 Å². The van der Waals surface area contributed by atoms with Crippen molar-refractivity contribution in [2.75, 3.05) is 5.73 Å². The summed E-state index contributed by atoms with van der Waals surface area (Å²) in [7, 11) is 0. The number of hydrogen-bond acceptors (Lipinski definition) is 3. The predicted molar refractivity (Wildman–Crippen MR) is 76.9 cm³/mol. The van der Waals surface area contributed by atoms with E-state index in [4.69, 9.17) is 10.8 Å². The number of carboxylic acid groups (broad SMARTS) is 1. The molecule has 0 bridgehead atoms. The number of nitrogens with two attached hydrogens (primary N) is 1. The van der Waals surface area contributed by atoms with E-state index in [1.807, 2.05) is 6.92 Å². The number of carboxylic acids is 1. The second-order valence-electron chi connectivity index (χ2n) is 4.41. The molecule has 6 heteroatoms. The van der Waals surface area contributed by atoms with Crippen molar-refractivity contribution in [1.82, 2.24) is 5.32 Å². The van der Waals surface area contributed by atoms with Crippen LogP contribution in [0.4, 0.5) is 5.69 Å². The molecular formula is C13H17BrN2O3. The standard InChI is InChI=1S/C13H17BrN2O3/c1-3-7(2)11(13(18)19)16-12(17)9-5-4-8(14)6-10(9)15/h4-7,11H,3,15H2,1-2H3,(H,16,17)(H,18,19)/t7-,11-/m0/s1. The van der Waals surface area contributed by atoms with Crippen molar-refractivity contribution in [2.24, 2.45) is 5.92 Å². The molecule has 0 aliphatic rings. The maximum atomic E-state index is 12.0. The van der Waals surface area contributed by atoms with Gasteiger partial charge in [-0.15, -0.1) is 0 Å². The number of anilines is 1. The summed E-state index contributed by atoms with van der Waals surface area (Å²) in [6.07, 6.45) is 0.660. The number of carbonyl (C=O) groups excluding carboxylic acids is 1. The van der Waals surface area contributed by atoms with Crippen LogP contribution in [0.5, 0.6) is 0 Å². The monoisotopic (exact) mass is 328 g/mol. The molecule has 1 amide bonds. The Hall–Kier alpha value is -1.56. The summed E-state index contributed by atoms with van der Waals surface area (Å²) >= 11 is 3.25. The van der Waals surface area contributed by atoms with Crippen molar-refractivity contribution < 1.29 is 14.7 Å². The molecule has 4 N–H and O–H groups in total. The Morgan fingerprint density at radius 2 is 2.11 bits per heavy atom. The highest BCUT2D eigenvalue weighted by atomic mass is 79.9. The highest BCUT2D eigenvalue weighted by Crippen LogP contribution is 2.19. The summed E-state index contributed by atoms with van der Waals surface area (Å²) in [6.45, 7) is 3.66. The minimum atomic E-state index is -1.04. The summed E-state index contributed by atoms with van der Waals surface area (Å²) < 4.78 is 0.762. The minimum Gasteiger partial charge on any atom is -0.480 e. The number of amides is 1. The molecule has 104 valence electrons. The number of halogens is 1. The molecule has 0 aliphatic carbocycles. The Balaban J connectivity index is 2.91. The van der Waals surface area contributed by atoms with Crippen LogP contribution in [0.15, 0.2) is 22.7 Å². The number of nitrogens with one attached hydrogen (secondary N) is 1. The van der Waals surface area contributed by atoms with E-state index in [9.17, 15) is 9.59 Å². The zero-order valence-corrected chi connectivity index (χ0v) is 12.4. The lowest BCUT2D eigenvalue weighted by molar-refractivity contribution is -0.140. The van der Waals surface area contributed by atoms with E-state index in [2.05, 4.69) is 21.2 Å². The molecule has 0 spiro atoms. The second-order valence-corrected chi connectivity index (χ2v) is 5.32. The van der Waals surface area contributed by atoms with Crippen molar-refractivity contribution in [3.63, 3.8) is 0 Å². The van der Waals surface area contributed by atoms with Crippen LogP contribution in [0.1, 0.15) is 30.6 Å². The zero-order valence-electron chi connectivity index (χ0n) is 10.8. The molecule has 19 heavy (non-hydrogen) atoms. The number of aliphatic carboxylic acids is 1. The molecule has 2 atom stereocenters. The maximum absolute atomic E-state index is 12.0. The van der Waals surface area contributed by atoms with Gasteiger partial charge in [-0.3, -0.25) is 4.79 Å².